The molecule has 3 heterocycles. The fourth-order valence-electron chi connectivity index (χ4n) is 3.44. The molecule has 2 aromatic rings. The van der Waals surface area contributed by atoms with Gasteiger partial charge in [0.05, 0.1) is 22.2 Å². The first-order valence-corrected chi connectivity index (χ1v) is 9.24. The van der Waals surface area contributed by atoms with Crippen LogP contribution in [0.25, 0.3) is 11.0 Å². The molecule has 0 unspecified atom stereocenters. The van der Waals surface area contributed by atoms with Gasteiger partial charge in [-0.05, 0) is 31.1 Å². The van der Waals surface area contributed by atoms with Crippen molar-refractivity contribution in [2.24, 2.45) is 0 Å². The van der Waals surface area contributed by atoms with Gasteiger partial charge in [0, 0.05) is 36.9 Å². The van der Waals surface area contributed by atoms with E-state index in [0.29, 0.717) is 17.6 Å². The molecule has 2 aliphatic heterocycles. The maximum atomic E-state index is 14.3. The molecule has 2 aliphatic rings. The van der Waals surface area contributed by atoms with Crippen LogP contribution in [0, 0.1) is 5.82 Å². The predicted molar refractivity (Wildman–Crippen MR) is 90.6 cm³/mol. The van der Waals surface area contributed by atoms with Crippen LogP contribution >= 0.6 is 11.8 Å². The summed E-state index contributed by atoms with van der Waals surface area (Å²) in [5.41, 5.74) is 0.859. The molecule has 0 saturated carbocycles. The van der Waals surface area contributed by atoms with Crippen LogP contribution in [0.2, 0.25) is 0 Å². The van der Waals surface area contributed by atoms with Crippen molar-refractivity contribution >= 4 is 28.7 Å². The van der Waals surface area contributed by atoms with E-state index in [9.17, 15) is 9.18 Å². The molecule has 24 heavy (non-hydrogen) atoms. The van der Waals surface area contributed by atoms with E-state index in [1.807, 2.05) is 11.8 Å². The smallest absolute Gasteiger partial charge is 0.254 e. The third-order valence-electron chi connectivity index (χ3n) is 4.70. The van der Waals surface area contributed by atoms with Crippen molar-refractivity contribution in [3.8, 4) is 0 Å². The van der Waals surface area contributed by atoms with E-state index >= 15 is 0 Å². The van der Waals surface area contributed by atoms with Crippen molar-refractivity contribution in [2.45, 2.75) is 30.9 Å². The Morgan fingerprint density at radius 2 is 2.12 bits per heavy atom. The number of aromatic nitrogens is 2. The number of nitrogens with zero attached hydrogens (tertiary/aromatic N) is 2. The molecule has 7 heteroatoms. The maximum absolute atomic E-state index is 14.3. The second kappa shape index (κ2) is 6.29. The van der Waals surface area contributed by atoms with Crippen molar-refractivity contribution in [1.82, 2.24) is 15.3 Å². The molecule has 1 aromatic carbocycles. The monoisotopic (exact) mass is 347 g/mol. The van der Waals surface area contributed by atoms with Gasteiger partial charge in [0.2, 0.25) is 0 Å². The minimum absolute atomic E-state index is 0.0157. The highest BCUT2D eigenvalue weighted by Crippen LogP contribution is 2.38. The standard InChI is InChI=1S/C17H18FN3O2S/c18-13-8-15-14(19-3-4-20-15)7-12(13)16(22)21-11-1-5-23-17(9-11)2-6-24-10-17/h3-4,7-8,11H,1-2,5-6,9-10H2,(H,21,22)/t11-,17-/m1/s1. The highest BCUT2D eigenvalue weighted by atomic mass is 32.2. The van der Waals surface area contributed by atoms with Gasteiger partial charge < -0.3 is 10.1 Å². The number of amides is 1. The lowest BCUT2D eigenvalue weighted by molar-refractivity contribution is -0.0688. The Bertz CT molecular complexity index is 780. The first-order chi connectivity index (χ1) is 11.7. The third-order valence-corrected chi connectivity index (χ3v) is 5.92. The summed E-state index contributed by atoms with van der Waals surface area (Å²) in [4.78, 5) is 20.7. The van der Waals surface area contributed by atoms with E-state index in [1.165, 1.54) is 24.5 Å². The summed E-state index contributed by atoms with van der Waals surface area (Å²) in [5.74, 6) is 1.10. The molecule has 1 amide bonds. The van der Waals surface area contributed by atoms with E-state index in [-0.39, 0.29) is 17.2 Å². The van der Waals surface area contributed by atoms with Crippen molar-refractivity contribution in [3.63, 3.8) is 0 Å². The fourth-order valence-corrected chi connectivity index (χ4v) is 4.82. The van der Waals surface area contributed by atoms with E-state index in [4.69, 9.17) is 4.74 Å². The highest BCUT2D eigenvalue weighted by Gasteiger charge is 2.40. The SMILES string of the molecule is O=C(N[C@@H]1CCO[C@]2(CCSC2)C1)c1cc2nccnc2cc1F. The number of ether oxygens (including phenoxy) is 1. The number of carbonyl (C=O) groups is 1. The minimum Gasteiger partial charge on any atom is -0.374 e. The van der Waals surface area contributed by atoms with Gasteiger partial charge in [0.25, 0.3) is 5.91 Å². The number of fused-ring (bicyclic) bond motifs is 1. The molecular weight excluding hydrogens is 329 g/mol. The molecule has 2 saturated heterocycles. The lowest BCUT2D eigenvalue weighted by atomic mass is 9.89. The van der Waals surface area contributed by atoms with Crippen LogP contribution in [0.15, 0.2) is 24.5 Å². The summed E-state index contributed by atoms with van der Waals surface area (Å²) in [6, 6.07) is 2.74. The molecule has 1 aromatic heterocycles. The van der Waals surface area contributed by atoms with E-state index in [2.05, 4.69) is 15.3 Å². The molecule has 2 fully saturated rings. The summed E-state index contributed by atoms with van der Waals surface area (Å²) in [7, 11) is 0. The quantitative estimate of drug-likeness (QED) is 0.904. The van der Waals surface area contributed by atoms with Gasteiger partial charge in [-0.1, -0.05) is 0 Å². The van der Waals surface area contributed by atoms with Gasteiger partial charge >= 0.3 is 0 Å². The number of rotatable bonds is 2. The molecule has 126 valence electrons. The van der Waals surface area contributed by atoms with Crippen LogP contribution in [0.3, 0.4) is 0 Å². The van der Waals surface area contributed by atoms with Crippen LogP contribution in [-0.2, 0) is 4.74 Å². The van der Waals surface area contributed by atoms with E-state index < -0.39 is 11.7 Å². The lowest BCUT2D eigenvalue weighted by Gasteiger charge is -2.38. The number of halogens is 1. The van der Waals surface area contributed by atoms with E-state index in [0.717, 1.165) is 30.8 Å². The normalized spacial score (nSPS) is 26.8. The fraction of sp³-hybridized carbons (Fsp3) is 0.471. The van der Waals surface area contributed by atoms with Gasteiger partial charge in [-0.25, -0.2) is 4.39 Å². The Morgan fingerprint density at radius 3 is 2.88 bits per heavy atom. The van der Waals surface area contributed by atoms with Crippen LogP contribution in [0.4, 0.5) is 4.39 Å². The molecule has 0 bridgehead atoms. The molecule has 4 rings (SSSR count). The summed E-state index contributed by atoms with van der Waals surface area (Å²) in [5, 5.41) is 2.98. The van der Waals surface area contributed by atoms with Crippen LogP contribution in [-0.4, -0.2) is 45.6 Å². The van der Waals surface area contributed by atoms with Crippen molar-refractivity contribution in [2.75, 3.05) is 18.1 Å². The Morgan fingerprint density at radius 1 is 1.33 bits per heavy atom. The first-order valence-electron chi connectivity index (χ1n) is 8.08. The zero-order chi connectivity index (χ0) is 16.6. The number of hydrogen-bond donors (Lipinski definition) is 1. The topological polar surface area (TPSA) is 64.1 Å². The van der Waals surface area contributed by atoms with E-state index in [1.54, 1.807) is 0 Å². The molecule has 1 spiro atoms. The number of hydrogen-bond acceptors (Lipinski definition) is 5. The first kappa shape index (κ1) is 15.8. The number of nitrogens with one attached hydrogen (secondary N) is 1. The number of thioether (sulfide) groups is 1. The largest absolute Gasteiger partial charge is 0.374 e. The van der Waals surface area contributed by atoms with Gasteiger partial charge in [0.15, 0.2) is 0 Å². The van der Waals surface area contributed by atoms with Crippen LogP contribution in [0.5, 0.6) is 0 Å². The van der Waals surface area contributed by atoms with Gasteiger partial charge in [-0.3, -0.25) is 14.8 Å². The van der Waals surface area contributed by atoms with Crippen molar-refractivity contribution < 1.29 is 13.9 Å². The number of benzene rings is 1. The van der Waals surface area contributed by atoms with Crippen LogP contribution < -0.4 is 5.32 Å². The zero-order valence-corrected chi connectivity index (χ0v) is 13.9. The molecular formula is C17H18FN3O2S. The Balaban J connectivity index is 1.52. The Kier molecular flexibility index (Phi) is 4.14. The van der Waals surface area contributed by atoms with Gasteiger partial charge in [-0.2, -0.15) is 11.8 Å². The average molecular weight is 347 g/mol. The van der Waals surface area contributed by atoms with Gasteiger partial charge in [-0.15, -0.1) is 0 Å². The summed E-state index contributed by atoms with van der Waals surface area (Å²) < 4.78 is 20.2. The maximum Gasteiger partial charge on any atom is 0.254 e. The van der Waals surface area contributed by atoms with Gasteiger partial charge in [0.1, 0.15) is 5.82 Å². The zero-order valence-electron chi connectivity index (χ0n) is 13.1. The van der Waals surface area contributed by atoms with Crippen molar-refractivity contribution in [3.05, 3.63) is 35.9 Å². The summed E-state index contributed by atoms with van der Waals surface area (Å²) >= 11 is 1.89. The van der Waals surface area contributed by atoms with Crippen LogP contribution in [0.1, 0.15) is 29.6 Å². The molecule has 0 radical (unpaired) electrons. The molecule has 2 atom stereocenters. The Labute approximate surface area is 143 Å². The minimum atomic E-state index is -0.571. The lowest BCUT2D eigenvalue weighted by Crippen LogP contribution is -2.48. The average Bonchev–Trinajstić information content (AvgIpc) is 3.01. The summed E-state index contributed by atoms with van der Waals surface area (Å²) in [6.07, 6.45) is 5.60. The molecule has 1 N–H and O–H groups in total. The number of carbonyl (C=O) groups excluding carboxylic acids is 1. The predicted octanol–water partition coefficient (Wildman–Crippen LogP) is 2.55. The summed E-state index contributed by atoms with van der Waals surface area (Å²) in [6.45, 7) is 0.636. The second-order valence-electron chi connectivity index (χ2n) is 6.37. The second-order valence-corrected chi connectivity index (χ2v) is 7.48. The molecule has 0 aliphatic carbocycles. The highest BCUT2D eigenvalue weighted by molar-refractivity contribution is 7.99. The van der Waals surface area contributed by atoms with Crippen molar-refractivity contribution in [1.29, 1.82) is 0 Å². The Hall–Kier alpha value is -1.73. The third kappa shape index (κ3) is 2.98. The molecule has 5 nitrogen and oxygen atoms in total.